The number of nitrogens with zero attached hydrogens (tertiary/aromatic N) is 1. The zero-order valence-corrected chi connectivity index (χ0v) is 15.6. The highest BCUT2D eigenvalue weighted by Gasteiger charge is 2.37. The highest BCUT2D eigenvalue weighted by Crippen LogP contribution is 2.38. The van der Waals surface area contributed by atoms with E-state index in [4.69, 9.17) is 4.74 Å². The Morgan fingerprint density at radius 1 is 1.36 bits per heavy atom. The van der Waals surface area contributed by atoms with E-state index in [0.717, 1.165) is 30.5 Å². The van der Waals surface area contributed by atoms with Crippen LogP contribution in [0.1, 0.15) is 38.2 Å². The maximum Gasteiger partial charge on any atom is 0.240 e. The number of rotatable bonds is 7. The van der Waals surface area contributed by atoms with Crippen LogP contribution in [-0.2, 0) is 26.0 Å². The van der Waals surface area contributed by atoms with Gasteiger partial charge in [-0.2, -0.15) is 0 Å². The summed E-state index contributed by atoms with van der Waals surface area (Å²) >= 11 is 0. The van der Waals surface area contributed by atoms with Crippen LogP contribution >= 0.6 is 0 Å². The molecule has 0 saturated heterocycles. The molecule has 7 heteroatoms. The molecule has 0 bridgehead atoms. The Morgan fingerprint density at radius 2 is 2.12 bits per heavy atom. The van der Waals surface area contributed by atoms with E-state index in [9.17, 15) is 13.2 Å². The summed E-state index contributed by atoms with van der Waals surface area (Å²) in [6, 6.07) is 5.16. The topological polar surface area (TPSA) is 75.7 Å². The van der Waals surface area contributed by atoms with Gasteiger partial charge in [0, 0.05) is 37.9 Å². The lowest BCUT2D eigenvalue weighted by molar-refractivity contribution is -0.125. The molecule has 1 aromatic rings. The lowest BCUT2D eigenvalue weighted by Gasteiger charge is -2.32. The second-order valence-electron chi connectivity index (χ2n) is 6.92. The predicted octanol–water partition coefficient (Wildman–Crippen LogP) is 2.08. The third-order valence-corrected chi connectivity index (χ3v) is 6.54. The fourth-order valence-electron chi connectivity index (χ4n) is 3.47. The quantitative estimate of drug-likeness (QED) is 0.750. The van der Waals surface area contributed by atoms with Crippen LogP contribution in [0.15, 0.2) is 23.1 Å². The average molecular weight is 366 g/mol. The zero-order chi connectivity index (χ0) is 18.0. The molecule has 3 rings (SSSR count). The summed E-state index contributed by atoms with van der Waals surface area (Å²) in [5.74, 6) is 0.324. The van der Waals surface area contributed by atoms with Crippen molar-refractivity contribution in [3.63, 3.8) is 0 Å². The first-order valence-corrected chi connectivity index (χ1v) is 10.4. The van der Waals surface area contributed by atoms with Crippen molar-refractivity contribution in [1.82, 2.24) is 4.72 Å². The number of fused-ring (bicyclic) bond motifs is 1. The number of sulfonamides is 1. The zero-order valence-electron chi connectivity index (χ0n) is 14.8. The molecule has 25 heavy (non-hydrogen) atoms. The fraction of sp³-hybridized carbons (Fsp3) is 0.611. The van der Waals surface area contributed by atoms with E-state index >= 15 is 0 Å². The minimum absolute atomic E-state index is 0.0794. The summed E-state index contributed by atoms with van der Waals surface area (Å²) in [6.07, 6.45) is 4.38. The molecular weight excluding hydrogens is 340 g/mol. The second-order valence-corrected chi connectivity index (χ2v) is 8.69. The summed E-state index contributed by atoms with van der Waals surface area (Å²) in [7, 11) is -1.95. The summed E-state index contributed by atoms with van der Waals surface area (Å²) in [6.45, 7) is 2.88. The highest BCUT2D eigenvalue weighted by atomic mass is 32.2. The van der Waals surface area contributed by atoms with E-state index in [0.29, 0.717) is 26.0 Å². The average Bonchev–Trinajstić information content (AvgIpc) is 2.84. The van der Waals surface area contributed by atoms with Gasteiger partial charge in [0.15, 0.2) is 0 Å². The van der Waals surface area contributed by atoms with Gasteiger partial charge in [-0.1, -0.05) is 6.42 Å². The first kappa shape index (κ1) is 18.4. The highest BCUT2D eigenvalue weighted by molar-refractivity contribution is 7.89. The first-order chi connectivity index (χ1) is 11.9. The lowest BCUT2D eigenvalue weighted by Crippen LogP contribution is -2.42. The van der Waals surface area contributed by atoms with Gasteiger partial charge < -0.3 is 9.64 Å². The van der Waals surface area contributed by atoms with E-state index in [1.165, 1.54) is 0 Å². The minimum Gasteiger partial charge on any atom is -0.385 e. The normalized spacial score (nSPS) is 20.4. The van der Waals surface area contributed by atoms with Crippen LogP contribution in [-0.4, -0.2) is 40.6 Å². The standard InChI is InChI=1S/C18H26N2O4S/c1-13-11-15-12-16(25(22,23)19-9-4-10-24-2)7-8-17(15)20(13)18(21)14-5-3-6-14/h7-8,12-14,19H,3-6,9-11H2,1-2H3. The smallest absolute Gasteiger partial charge is 0.240 e. The van der Waals surface area contributed by atoms with Gasteiger partial charge in [-0.25, -0.2) is 13.1 Å². The third kappa shape index (κ3) is 3.73. The molecule has 1 fully saturated rings. The molecule has 1 N–H and O–H groups in total. The summed E-state index contributed by atoms with van der Waals surface area (Å²) in [5.41, 5.74) is 1.79. The Bertz CT molecular complexity index is 743. The molecule has 1 amide bonds. The van der Waals surface area contributed by atoms with Crippen molar-refractivity contribution in [2.75, 3.05) is 25.2 Å². The van der Waals surface area contributed by atoms with E-state index in [2.05, 4.69) is 4.72 Å². The van der Waals surface area contributed by atoms with Gasteiger partial charge in [0.1, 0.15) is 0 Å². The van der Waals surface area contributed by atoms with Crippen LogP contribution in [0.2, 0.25) is 0 Å². The maximum atomic E-state index is 12.7. The molecule has 1 saturated carbocycles. The number of anilines is 1. The summed E-state index contributed by atoms with van der Waals surface area (Å²) < 4.78 is 32.4. The number of hydrogen-bond acceptors (Lipinski definition) is 4. The Morgan fingerprint density at radius 3 is 2.76 bits per heavy atom. The number of amides is 1. The van der Waals surface area contributed by atoms with Crippen molar-refractivity contribution in [3.8, 4) is 0 Å². The number of nitrogens with one attached hydrogen (secondary N) is 1. The molecule has 0 spiro atoms. The van der Waals surface area contributed by atoms with E-state index in [1.54, 1.807) is 25.3 Å². The van der Waals surface area contributed by atoms with Crippen LogP contribution in [0.4, 0.5) is 5.69 Å². The van der Waals surface area contributed by atoms with Gasteiger partial charge in [-0.05, 0) is 56.4 Å². The Kier molecular flexibility index (Phi) is 5.46. The SMILES string of the molecule is COCCCNS(=O)(=O)c1ccc2c(c1)CC(C)N2C(=O)C1CCC1. The van der Waals surface area contributed by atoms with Crippen molar-refractivity contribution in [3.05, 3.63) is 23.8 Å². The van der Waals surface area contributed by atoms with Crippen molar-refractivity contribution in [1.29, 1.82) is 0 Å². The number of hydrogen-bond donors (Lipinski definition) is 1. The van der Waals surface area contributed by atoms with Crippen LogP contribution < -0.4 is 9.62 Å². The van der Waals surface area contributed by atoms with Gasteiger partial charge in [0.2, 0.25) is 15.9 Å². The van der Waals surface area contributed by atoms with E-state index in [1.807, 2.05) is 11.8 Å². The van der Waals surface area contributed by atoms with Crippen LogP contribution in [0.5, 0.6) is 0 Å². The molecule has 0 radical (unpaired) electrons. The Hall–Kier alpha value is -1.44. The van der Waals surface area contributed by atoms with Gasteiger partial charge in [0.05, 0.1) is 4.90 Å². The molecule has 1 unspecified atom stereocenters. The minimum atomic E-state index is -3.54. The van der Waals surface area contributed by atoms with E-state index < -0.39 is 10.0 Å². The van der Waals surface area contributed by atoms with E-state index in [-0.39, 0.29) is 22.8 Å². The number of methoxy groups -OCH3 is 1. The van der Waals surface area contributed by atoms with Crippen molar-refractivity contribution < 1.29 is 17.9 Å². The molecule has 1 aromatic carbocycles. The Labute approximate surface area is 149 Å². The van der Waals surface area contributed by atoms with Crippen molar-refractivity contribution in [2.45, 2.75) is 50.0 Å². The van der Waals surface area contributed by atoms with Crippen LogP contribution in [0.25, 0.3) is 0 Å². The molecule has 0 aromatic heterocycles. The lowest BCUT2D eigenvalue weighted by atomic mass is 9.84. The Balaban J connectivity index is 1.76. The summed E-state index contributed by atoms with van der Waals surface area (Å²) in [4.78, 5) is 14.8. The number of ether oxygens (including phenoxy) is 1. The van der Waals surface area contributed by atoms with Crippen LogP contribution in [0, 0.1) is 5.92 Å². The van der Waals surface area contributed by atoms with Gasteiger partial charge in [0.25, 0.3) is 0 Å². The third-order valence-electron chi connectivity index (χ3n) is 5.09. The van der Waals surface area contributed by atoms with Crippen LogP contribution in [0.3, 0.4) is 0 Å². The van der Waals surface area contributed by atoms with Gasteiger partial charge in [-0.15, -0.1) is 0 Å². The van der Waals surface area contributed by atoms with Gasteiger partial charge >= 0.3 is 0 Å². The molecule has 138 valence electrons. The predicted molar refractivity (Wildman–Crippen MR) is 96.1 cm³/mol. The van der Waals surface area contributed by atoms with Crippen molar-refractivity contribution in [2.24, 2.45) is 5.92 Å². The molecule has 6 nitrogen and oxygen atoms in total. The molecular formula is C18H26N2O4S. The maximum absolute atomic E-state index is 12.7. The van der Waals surface area contributed by atoms with Gasteiger partial charge in [-0.3, -0.25) is 4.79 Å². The molecule has 1 heterocycles. The van der Waals surface area contributed by atoms with Crippen molar-refractivity contribution >= 4 is 21.6 Å². The molecule has 1 aliphatic carbocycles. The first-order valence-electron chi connectivity index (χ1n) is 8.88. The fourth-order valence-corrected chi connectivity index (χ4v) is 4.59. The summed E-state index contributed by atoms with van der Waals surface area (Å²) in [5, 5.41) is 0. The molecule has 2 aliphatic rings. The number of carbonyl (C=O) groups is 1. The molecule has 1 aliphatic heterocycles. The number of carbonyl (C=O) groups excluding carboxylic acids is 1. The largest absolute Gasteiger partial charge is 0.385 e. The second kappa shape index (κ2) is 7.43. The monoisotopic (exact) mass is 366 g/mol. The number of benzene rings is 1. The molecule has 1 atom stereocenters.